The molecule has 3 nitrogen and oxygen atoms in total. The van der Waals surface area contributed by atoms with E-state index in [-0.39, 0.29) is 5.78 Å². The van der Waals surface area contributed by atoms with Gasteiger partial charge in [-0.05, 0) is 70.1 Å². The van der Waals surface area contributed by atoms with Crippen LogP contribution in [0.1, 0.15) is 40.2 Å². The summed E-state index contributed by atoms with van der Waals surface area (Å²) in [5.41, 5.74) is 2.19. The van der Waals surface area contributed by atoms with E-state index in [2.05, 4.69) is 4.90 Å². The molecule has 0 N–H and O–H groups in total. The minimum absolute atomic E-state index is 0.0631. The molecule has 1 aromatic carbocycles. The van der Waals surface area contributed by atoms with Crippen molar-refractivity contribution in [2.45, 2.75) is 32.9 Å². The molecule has 0 amide bonds. The van der Waals surface area contributed by atoms with Gasteiger partial charge in [0.05, 0.1) is 12.1 Å². The van der Waals surface area contributed by atoms with Crippen molar-refractivity contribution in [2.24, 2.45) is 0 Å². The SMILES string of the molecule is Cc1cc(C(=O)CN2CCCC2)c(C)n1-c1ccc(C(F)(F)F)cc1. The summed E-state index contributed by atoms with van der Waals surface area (Å²) in [7, 11) is 0. The molecular weight excluding hydrogens is 329 g/mol. The predicted octanol–water partition coefficient (Wildman–Crippen LogP) is 4.39. The van der Waals surface area contributed by atoms with Gasteiger partial charge in [0.1, 0.15) is 0 Å². The summed E-state index contributed by atoms with van der Waals surface area (Å²) >= 11 is 0. The molecule has 0 saturated carbocycles. The lowest BCUT2D eigenvalue weighted by Gasteiger charge is -2.14. The first kappa shape index (κ1) is 17.7. The molecule has 134 valence electrons. The number of ketones is 1. The Morgan fingerprint density at radius 2 is 1.68 bits per heavy atom. The number of aryl methyl sites for hydroxylation is 1. The van der Waals surface area contributed by atoms with Gasteiger partial charge in [0.15, 0.2) is 5.78 Å². The maximum atomic E-state index is 12.7. The van der Waals surface area contributed by atoms with Gasteiger partial charge in [0.2, 0.25) is 0 Å². The first-order valence-electron chi connectivity index (χ1n) is 8.39. The number of alkyl halides is 3. The summed E-state index contributed by atoms with van der Waals surface area (Å²) in [6.07, 6.45) is -2.11. The minimum atomic E-state index is -4.35. The molecule has 0 spiro atoms. The number of carbonyl (C=O) groups excluding carboxylic acids is 1. The molecule has 2 heterocycles. The van der Waals surface area contributed by atoms with Crippen LogP contribution >= 0.6 is 0 Å². The summed E-state index contributed by atoms with van der Waals surface area (Å²) in [4.78, 5) is 14.7. The molecule has 0 bridgehead atoms. The Hall–Kier alpha value is -2.08. The largest absolute Gasteiger partial charge is 0.416 e. The number of likely N-dealkylation sites (tertiary alicyclic amines) is 1. The smallest absolute Gasteiger partial charge is 0.318 e. The zero-order valence-electron chi connectivity index (χ0n) is 14.4. The lowest BCUT2D eigenvalue weighted by Crippen LogP contribution is -2.27. The van der Waals surface area contributed by atoms with Crippen molar-refractivity contribution < 1.29 is 18.0 Å². The van der Waals surface area contributed by atoms with Crippen molar-refractivity contribution in [2.75, 3.05) is 19.6 Å². The highest BCUT2D eigenvalue weighted by atomic mass is 19.4. The molecule has 0 unspecified atom stereocenters. The summed E-state index contributed by atoms with van der Waals surface area (Å²) in [5, 5.41) is 0. The predicted molar refractivity (Wildman–Crippen MR) is 90.2 cm³/mol. The van der Waals surface area contributed by atoms with Crippen LogP contribution in [0.15, 0.2) is 30.3 Å². The molecule has 0 aliphatic carbocycles. The molecule has 2 aromatic rings. The van der Waals surface area contributed by atoms with Gasteiger partial charge in [-0.1, -0.05) is 0 Å². The number of halogens is 3. The second kappa shape index (κ2) is 6.67. The van der Waals surface area contributed by atoms with Crippen LogP contribution in [0, 0.1) is 13.8 Å². The standard InChI is InChI=1S/C19H21F3N2O/c1-13-11-17(18(25)12-23-9-3-4-10-23)14(2)24(13)16-7-5-15(6-8-16)19(20,21)22/h5-8,11H,3-4,9-10,12H2,1-2H3. The number of carbonyl (C=O) groups is 1. The molecule has 0 atom stereocenters. The molecule has 1 saturated heterocycles. The Bertz CT molecular complexity index is 769. The molecule has 1 fully saturated rings. The summed E-state index contributed by atoms with van der Waals surface area (Å²) in [6, 6.07) is 6.85. The van der Waals surface area contributed by atoms with Crippen molar-refractivity contribution in [1.82, 2.24) is 9.47 Å². The van der Waals surface area contributed by atoms with Gasteiger partial charge in [-0.25, -0.2) is 0 Å². The van der Waals surface area contributed by atoms with E-state index in [9.17, 15) is 18.0 Å². The molecule has 1 aliphatic heterocycles. The topological polar surface area (TPSA) is 25.2 Å². The van der Waals surface area contributed by atoms with Gasteiger partial charge >= 0.3 is 6.18 Å². The van der Waals surface area contributed by atoms with E-state index >= 15 is 0 Å². The van der Waals surface area contributed by atoms with E-state index in [0.717, 1.165) is 49.5 Å². The number of aromatic nitrogens is 1. The number of hydrogen-bond acceptors (Lipinski definition) is 2. The van der Waals surface area contributed by atoms with Crippen LogP contribution in [0.4, 0.5) is 13.2 Å². The molecular formula is C19H21F3N2O. The summed E-state index contributed by atoms with van der Waals surface area (Å²) in [5.74, 6) is 0.0631. The Kier molecular flexibility index (Phi) is 4.73. The van der Waals surface area contributed by atoms with E-state index < -0.39 is 11.7 Å². The summed E-state index contributed by atoms with van der Waals surface area (Å²) in [6.45, 7) is 5.99. The normalized spacial score (nSPS) is 15.7. The van der Waals surface area contributed by atoms with Gasteiger partial charge in [0.25, 0.3) is 0 Å². The molecule has 0 radical (unpaired) electrons. The van der Waals surface area contributed by atoms with E-state index in [0.29, 0.717) is 17.8 Å². The van der Waals surface area contributed by atoms with Gasteiger partial charge < -0.3 is 4.57 Å². The number of benzene rings is 1. The number of rotatable bonds is 4. The Labute approximate surface area is 145 Å². The quantitative estimate of drug-likeness (QED) is 0.764. The van der Waals surface area contributed by atoms with Crippen molar-refractivity contribution in [3.63, 3.8) is 0 Å². The van der Waals surface area contributed by atoms with E-state index in [4.69, 9.17) is 0 Å². The van der Waals surface area contributed by atoms with Crippen LogP contribution in [-0.4, -0.2) is 34.9 Å². The highest BCUT2D eigenvalue weighted by Crippen LogP contribution is 2.30. The van der Waals surface area contributed by atoms with Crippen LogP contribution in [0.2, 0.25) is 0 Å². The average molecular weight is 350 g/mol. The minimum Gasteiger partial charge on any atom is -0.318 e. The average Bonchev–Trinajstić information content (AvgIpc) is 3.14. The van der Waals surface area contributed by atoms with E-state index in [1.165, 1.54) is 12.1 Å². The second-order valence-corrected chi connectivity index (χ2v) is 6.57. The van der Waals surface area contributed by atoms with Crippen molar-refractivity contribution in [1.29, 1.82) is 0 Å². The first-order chi connectivity index (χ1) is 11.8. The highest BCUT2D eigenvalue weighted by molar-refractivity contribution is 5.99. The molecule has 6 heteroatoms. The third-order valence-corrected chi connectivity index (χ3v) is 4.75. The molecule has 1 aromatic heterocycles. The third kappa shape index (κ3) is 3.63. The van der Waals surface area contributed by atoms with Crippen molar-refractivity contribution >= 4 is 5.78 Å². The second-order valence-electron chi connectivity index (χ2n) is 6.57. The number of hydrogen-bond donors (Lipinski definition) is 0. The van der Waals surface area contributed by atoms with Crippen molar-refractivity contribution in [3.05, 3.63) is 52.8 Å². The lowest BCUT2D eigenvalue weighted by atomic mass is 10.1. The Morgan fingerprint density at radius 3 is 2.24 bits per heavy atom. The molecule has 25 heavy (non-hydrogen) atoms. The monoisotopic (exact) mass is 350 g/mol. The van der Waals surface area contributed by atoms with E-state index in [1.807, 2.05) is 24.5 Å². The summed E-state index contributed by atoms with van der Waals surface area (Å²) < 4.78 is 40.0. The van der Waals surface area contributed by atoms with Crippen LogP contribution in [0.25, 0.3) is 5.69 Å². The van der Waals surface area contributed by atoms with Crippen molar-refractivity contribution in [3.8, 4) is 5.69 Å². The van der Waals surface area contributed by atoms with Gasteiger partial charge in [-0.2, -0.15) is 13.2 Å². The first-order valence-corrected chi connectivity index (χ1v) is 8.39. The Morgan fingerprint density at radius 1 is 1.08 bits per heavy atom. The zero-order valence-corrected chi connectivity index (χ0v) is 14.4. The maximum Gasteiger partial charge on any atom is 0.416 e. The lowest BCUT2D eigenvalue weighted by molar-refractivity contribution is -0.137. The fourth-order valence-electron chi connectivity index (χ4n) is 3.47. The molecule has 1 aliphatic rings. The van der Waals surface area contributed by atoms with E-state index in [1.54, 1.807) is 0 Å². The zero-order chi connectivity index (χ0) is 18.2. The fraction of sp³-hybridized carbons (Fsp3) is 0.421. The molecule has 3 rings (SSSR count). The van der Waals surface area contributed by atoms with Crippen LogP contribution < -0.4 is 0 Å². The maximum absolute atomic E-state index is 12.7. The Balaban J connectivity index is 1.87. The van der Waals surface area contributed by atoms with Crippen LogP contribution in [0.5, 0.6) is 0 Å². The highest BCUT2D eigenvalue weighted by Gasteiger charge is 2.30. The van der Waals surface area contributed by atoms with Crippen LogP contribution in [-0.2, 0) is 6.18 Å². The van der Waals surface area contributed by atoms with Gasteiger partial charge in [-0.3, -0.25) is 9.69 Å². The van der Waals surface area contributed by atoms with Gasteiger partial charge in [-0.15, -0.1) is 0 Å². The number of Topliss-reactive ketones (excluding diaryl/α,β-unsaturated/α-hetero) is 1. The van der Waals surface area contributed by atoms with Crippen LogP contribution in [0.3, 0.4) is 0 Å². The van der Waals surface area contributed by atoms with Gasteiger partial charge in [0, 0.05) is 22.6 Å². The fourth-order valence-corrected chi connectivity index (χ4v) is 3.47. The third-order valence-electron chi connectivity index (χ3n) is 4.75. The number of nitrogens with zero attached hydrogens (tertiary/aromatic N) is 2.